The maximum atomic E-state index is 12.9. The van der Waals surface area contributed by atoms with Gasteiger partial charge < -0.3 is 0 Å². The van der Waals surface area contributed by atoms with Crippen molar-refractivity contribution < 1.29 is 18.0 Å². The Morgan fingerprint density at radius 3 is 2.39 bits per heavy atom. The summed E-state index contributed by atoms with van der Waals surface area (Å²) in [7, 11) is 0. The zero-order valence-electron chi connectivity index (χ0n) is 15.3. The Morgan fingerprint density at radius 2 is 1.79 bits per heavy atom. The van der Waals surface area contributed by atoms with E-state index in [1.165, 1.54) is 17.7 Å². The summed E-state index contributed by atoms with van der Waals surface area (Å²) >= 11 is 0. The topological polar surface area (TPSA) is 44.1 Å². The normalized spacial score (nSPS) is 17.1. The molecule has 0 amide bonds. The van der Waals surface area contributed by atoms with Crippen molar-refractivity contribution in [2.75, 3.05) is 13.1 Å². The van der Waals surface area contributed by atoms with Crippen LogP contribution < -0.4 is 0 Å². The average Bonchev–Trinajstić information content (AvgIpc) is 2.69. The van der Waals surface area contributed by atoms with Gasteiger partial charge in [0, 0.05) is 12.5 Å². The molecule has 2 aromatic rings. The van der Waals surface area contributed by atoms with E-state index in [-0.39, 0.29) is 17.3 Å². The number of alkyl halides is 3. The Morgan fingerprint density at radius 1 is 1.11 bits per heavy atom. The zero-order valence-corrected chi connectivity index (χ0v) is 15.3. The van der Waals surface area contributed by atoms with Gasteiger partial charge in [-0.1, -0.05) is 48.5 Å². The van der Waals surface area contributed by atoms with E-state index in [0.717, 1.165) is 31.8 Å². The number of hydrogen-bond acceptors (Lipinski definition) is 3. The number of carbonyl (C=O) groups excluding carboxylic acids is 1. The minimum Gasteiger partial charge on any atom is -0.299 e. The third-order valence-electron chi connectivity index (χ3n) is 5.20. The highest BCUT2D eigenvalue weighted by Crippen LogP contribution is 2.33. The van der Waals surface area contributed by atoms with Gasteiger partial charge in [0.2, 0.25) is 0 Å². The molecule has 0 N–H and O–H groups in total. The smallest absolute Gasteiger partial charge is 0.299 e. The highest BCUT2D eigenvalue weighted by molar-refractivity contribution is 5.90. The number of benzene rings is 2. The van der Waals surface area contributed by atoms with E-state index >= 15 is 0 Å². The molecule has 2 aromatic carbocycles. The van der Waals surface area contributed by atoms with Gasteiger partial charge >= 0.3 is 6.18 Å². The summed E-state index contributed by atoms with van der Waals surface area (Å²) in [5.41, 5.74) is 0.482. The van der Waals surface area contributed by atoms with Crippen LogP contribution in [-0.4, -0.2) is 23.8 Å². The van der Waals surface area contributed by atoms with Crippen LogP contribution in [0.2, 0.25) is 0 Å². The predicted molar refractivity (Wildman–Crippen MR) is 99.2 cm³/mol. The van der Waals surface area contributed by atoms with Crippen LogP contribution in [0.5, 0.6) is 0 Å². The first-order chi connectivity index (χ1) is 13.4. The second-order valence-corrected chi connectivity index (χ2v) is 7.12. The maximum Gasteiger partial charge on any atom is 0.416 e. The lowest BCUT2D eigenvalue weighted by molar-refractivity contribution is -0.137. The number of nitriles is 1. The molecule has 0 aromatic heterocycles. The molecule has 0 bridgehead atoms. The summed E-state index contributed by atoms with van der Waals surface area (Å²) in [4.78, 5) is 15.1. The fraction of sp³-hybridized carbons (Fsp3) is 0.364. The molecule has 1 fully saturated rings. The van der Waals surface area contributed by atoms with Gasteiger partial charge in [-0.2, -0.15) is 18.4 Å². The lowest BCUT2D eigenvalue weighted by atomic mass is 9.83. The van der Waals surface area contributed by atoms with Crippen LogP contribution in [-0.2, 0) is 17.5 Å². The fourth-order valence-electron chi connectivity index (χ4n) is 3.65. The average molecular weight is 386 g/mol. The van der Waals surface area contributed by atoms with Crippen LogP contribution in [0.25, 0.3) is 0 Å². The van der Waals surface area contributed by atoms with Crippen molar-refractivity contribution in [1.29, 1.82) is 5.26 Å². The quantitative estimate of drug-likeness (QED) is 0.742. The molecule has 0 spiro atoms. The molecular weight excluding hydrogens is 365 g/mol. The van der Waals surface area contributed by atoms with Gasteiger partial charge in [0.15, 0.2) is 5.78 Å². The molecule has 3 nitrogen and oxygen atoms in total. The first kappa shape index (κ1) is 20.1. The van der Waals surface area contributed by atoms with E-state index in [2.05, 4.69) is 17.0 Å². The first-order valence-electron chi connectivity index (χ1n) is 9.25. The van der Waals surface area contributed by atoms with Crippen LogP contribution in [0, 0.1) is 17.2 Å². The summed E-state index contributed by atoms with van der Waals surface area (Å²) < 4.78 is 38.8. The molecule has 1 heterocycles. The van der Waals surface area contributed by atoms with Crippen molar-refractivity contribution in [1.82, 2.24) is 4.90 Å². The molecule has 0 aliphatic carbocycles. The van der Waals surface area contributed by atoms with Gasteiger partial charge in [-0.3, -0.25) is 9.69 Å². The number of nitrogens with zero attached hydrogens (tertiary/aromatic N) is 2. The maximum absolute atomic E-state index is 12.9. The van der Waals surface area contributed by atoms with Crippen LogP contribution in [0.1, 0.15) is 35.4 Å². The largest absolute Gasteiger partial charge is 0.416 e. The van der Waals surface area contributed by atoms with Crippen molar-refractivity contribution >= 4 is 5.78 Å². The molecule has 0 saturated carbocycles. The fourth-order valence-corrected chi connectivity index (χ4v) is 3.65. The molecule has 146 valence electrons. The van der Waals surface area contributed by atoms with Gasteiger partial charge in [0.25, 0.3) is 0 Å². The highest BCUT2D eigenvalue weighted by Gasteiger charge is 2.34. The van der Waals surface area contributed by atoms with Gasteiger partial charge in [-0.05, 0) is 43.1 Å². The van der Waals surface area contributed by atoms with Crippen LogP contribution >= 0.6 is 0 Å². The predicted octanol–water partition coefficient (Wildman–Crippen LogP) is 4.79. The number of carbonyl (C=O) groups is 1. The van der Waals surface area contributed by atoms with Gasteiger partial charge in [-0.25, -0.2) is 0 Å². The van der Waals surface area contributed by atoms with E-state index in [4.69, 9.17) is 0 Å². The Kier molecular flexibility index (Phi) is 6.15. The molecule has 0 radical (unpaired) electrons. The molecule has 1 unspecified atom stereocenters. The van der Waals surface area contributed by atoms with Crippen LogP contribution in [0.4, 0.5) is 13.2 Å². The first-order valence-corrected chi connectivity index (χ1v) is 9.25. The summed E-state index contributed by atoms with van der Waals surface area (Å²) in [6.07, 6.45) is -3.27. The molecular formula is C22H21F3N2O. The Balaban J connectivity index is 1.64. The Bertz CT molecular complexity index is 850. The number of Topliss-reactive ketones (excluding diaryl/α,β-unsaturated/α-hetero) is 1. The van der Waals surface area contributed by atoms with E-state index in [1.54, 1.807) is 0 Å². The third kappa shape index (κ3) is 4.79. The molecule has 28 heavy (non-hydrogen) atoms. The number of piperidine rings is 1. The monoisotopic (exact) mass is 386 g/mol. The summed E-state index contributed by atoms with van der Waals surface area (Å²) in [5, 5.41) is 9.46. The van der Waals surface area contributed by atoms with E-state index < -0.39 is 17.7 Å². The second kappa shape index (κ2) is 8.57. The van der Waals surface area contributed by atoms with E-state index in [1.807, 2.05) is 24.3 Å². The Labute approximate surface area is 162 Å². The van der Waals surface area contributed by atoms with Crippen molar-refractivity contribution in [3.63, 3.8) is 0 Å². The summed E-state index contributed by atoms with van der Waals surface area (Å²) in [6.45, 7) is 2.26. The lowest BCUT2D eigenvalue weighted by Gasteiger charge is -2.32. The molecule has 1 aliphatic heterocycles. The second-order valence-electron chi connectivity index (χ2n) is 7.12. The third-order valence-corrected chi connectivity index (χ3v) is 5.20. The number of rotatable bonds is 5. The number of ketones is 1. The highest BCUT2D eigenvalue weighted by atomic mass is 19.4. The lowest BCUT2D eigenvalue weighted by Crippen LogP contribution is -2.37. The van der Waals surface area contributed by atoms with Crippen molar-refractivity contribution in [2.24, 2.45) is 5.92 Å². The van der Waals surface area contributed by atoms with Crippen LogP contribution in [0.3, 0.4) is 0 Å². The molecule has 1 aliphatic rings. The number of halogens is 3. The zero-order chi connectivity index (χ0) is 20.1. The van der Waals surface area contributed by atoms with Gasteiger partial charge in [-0.15, -0.1) is 0 Å². The Hall–Kier alpha value is -2.65. The van der Waals surface area contributed by atoms with Gasteiger partial charge in [0.1, 0.15) is 5.92 Å². The van der Waals surface area contributed by atoms with Gasteiger partial charge in [0.05, 0.1) is 11.6 Å². The van der Waals surface area contributed by atoms with Crippen molar-refractivity contribution in [3.8, 4) is 6.07 Å². The van der Waals surface area contributed by atoms with E-state index in [9.17, 15) is 23.2 Å². The van der Waals surface area contributed by atoms with Crippen molar-refractivity contribution in [2.45, 2.75) is 31.5 Å². The minimum atomic E-state index is -4.50. The van der Waals surface area contributed by atoms with Crippen molar-refractivity contribution in [3.05, 3.63) is 71.3 Å². The standard InChI is InChI=1S/C22H21F3N2O/c23-22(24,25)19-8-4-7-18(13-19)20(14-26)21(28)17-9-11-27(12-10-17)15-16-5-2-1-3-6-16/h1-8,13,17,20H,9-12,15H2. The molecule has 1 saturated heterocycles. The minimum absolute atomic E-state index is 0.119. The van der Waals surface area contributed by atoms with E-state index in [0.29, 0.717) is 12.8 Å². The molecule has 1 atom stereocenters. The number of hydrogen-bond donors (Lipinski definition) is 0. The SMILES string of the molecule is N#CC(C(=O)C1CCN(Cc2ccccc2)CC1)c1cccc(C(F)(F)F)c1. The summed E-state index contributed by atoms with van der Waals surface area (Å²) in [6, 6.07) is 16.5. The molecule has 6 heteroatoms. The summed E-state index contributed by atoms with van der Waals surface area (Å²) in [5.74, 6) is -1.74. The molecule has 3 rings (SSSR count). The number of likely N-dealkylation sites (tertiary alicyclic amines) is 1. The van der Waals surface area contributed by atoms with Crippen LogP contribution in [0.15, 0.2) is 54.6 Å².